The van der Waals surface area contributed by atoms with Gasteiger partial charge in [-0.25, -0.2) is 4.79 Å². The van der Waals surface area contributed by atoms with Crippen molar-refractivity contribution < 1.29 is 19.1 Å². The van der Waals surface area contributed by atoms with E-state index in [1.54, 1.807) is 0 Å². The molecule has 0 bridgehead atoms. The molecule has 0 aliphatic carbocycles. The normalized spacial score (nSPS) is 30.1. The van der Waals surface area contributed by atoms with Crippen LogP contribution in [0.3, 0.4) is 0 Å². The minimum atomic E-state index is -0.625. The molecule has 2 atom stereocenters. The summed E-state index contributed by atoms with van der Waals surface area (Å²) in [6, 6.07) is 0. The number of carbonyl (C=O) groups is 2. The maximum Gasteiger partial charge on any atom is 0.334 e. The van der Waals surface area contributed by atoms with Gasteiger partial charge in [0.15, 0.2) is 6.10 Å². The maximum atomic E-state index is 11.9. The average Bonchev–Trinajstić information content (AvgIpc) is 2.69. The highest BCUT2D eigenvalue weighted by atomic mass is 16.6. The Labute approximate surface area is 101 Å². The third kappa shape index (κ3) is 1.66. The lowest BCUT2D eigenvalue weighted by atomic mass is 9.82. The predicted molar refractivity (Wildman–Crippen MR) is 61.1 cm³/mol. The first-order valence-corrected chi connectivity index (χ1v) is 6.18. The van der Waals surface area contributed by atoms with E-state index in [-0.39, 0.29) is 11.5 Å². The molecule has 0 N–H and O–H groups in total. The van der Waals surface area contributed by atoms with Gasteiger partial charge >= 0.3 is 11.9 Å². The molecule has 0 unspecified atom stereocenters. The summed E-state index contributed by atoms with van der Waals surface area (Å²) >= 11 is 0. The SMILES string of the molecule is C=C1C(=O)O[C@@H]2[C@H]1C(=O)OC2(CCC)CCC. The molecule has 2 aliphatic rings. The highest BCUT2D eigenvalue weighted by Gasteiger charge is 2.62. The fourth-order valence-corrected chi connectivity index (χ4v) is 2.93. The highest BCUT2D eigenvalue weighted by molar-refractivity contribution is 5.99. The molecule has 2 saturated heterocycles. The number of cyclic esters (lactones) is 1. The van der Waals surface area contributed by atoms with Gasteiger partial charge in [-0.3, -0.25) is 4.79 Å². The summed E-state index contributed by atoms with van der Waals surface area (Å²) in [7, 11) is 0. The summed E-state index contributed by atoms with van der Waals surface area (Å²) in [5.41, 5.74) is -0.380. The Morgan fingerprint density at radius 2 is 1.82 bits per heavy atom. The summed E-state index contributed by atoms with van der Waals surface area (Å²) in [4.78, 5) is 23.4. The van der Waals surface area contributed by atoms with Gasteiger partial charge in [-0.2, -0.15) is 0 Å². The molecule has 94 valence electrons. The van der Waals surface area contributed by atoms with Crippen LogP contribution in [0.4, 0.5) is 0 Å². The van der Waals surface area contributed by atoms with Crippen LogP contribution in [-0.4, -0.2) is 23.6 Å². The van der Waals surface area contributed by atoms with E-state index in [0.29, 0.717) is 0 Å². The molecule has 0 aromatic carbocycles. The van der Waals surface area contributed by atoms with Crippen LogP contribution in [0, 0.1) is 5.92 Å². The monoisotopic (exact) mass is 238 g/mol. The quantitative estimate of drug-likeness (QED) is 0.555. The number of fused-ring (bicyclic) bond motifs is 1. The van der Waals surface area contributed by atoms with E-state index < -0.39 is 23.6 Å². The number of rotatable bonds is 4. The van der Waals surface area contributed by atoms with E-state index in [0.717, 1.165) is 25.7 Å². The smallest absolute Gasteiger partial charge is 0.334 e. The van der Waals surface area contributed by atoms with Crippen molar-refractivity contribution in [3.8, 4) is 0 Å². The molecule has 4 heteroatoms. The van der Waals surface area contributed by atoms with Crippen molar-refractivity contribution in [2.75, 3.05) is 0 Å². The fourth-order valence-electron chi connectivity index (χ4n) is 2.93. The maximum absolute atomic E-state index is 11.9. The molecule has 0 radical (unpaired) electrons. The Morgan fingerprint density at radius 1 is 1.24 bits per heavy atom. The van der Waals surface area contributed by atoms with Gasteiger partial charge in [0.2, 0.25) is 0 Å². The standard InChI is InChI=1S/C13H18O4/c1-4-6-13(7-5-2)10-9(12(15)17-13)8(3)11(14)16-10/h9-10H,3-7H2,1-2H3/t9-,10+/m0/s1. The number of hydrogen-bond acceptors (Lipinski definition) is 4. The molecule has 0 saturated carbocycles. The number of carbonyl (C=O) groups excluding carboxylic acids is 2. The molecule has 0 aromatic rings. The lowest BCUT2D eigenvalue weighted by molar-refractivity contribution is -0.162. The number of ether oxygens (including phenoxy) is 2. The van der Waals surface area contributed by atoms with E-state index in [2.05, 4.69) is 6.58 Å². The van der Waals surface area contributed by atoms with Gasteiger partial charge in [0.05, 0.1) is 0 Å². The third-order valence-corrected chi connectivity index (χ3v) is 3.60. The minimum Gasteiger partial charge on any atom is -0.454 e. The molecule has 2 aliphatic heterocycles. The van der Waals surface area contributed by atoms with Crippen molar-refractivity contribution >= 4 is 11.9 Å². The van der Waals surface area contributed by atoms with Crippen molar-refractivity contribution in [1.29, 1.82) is 0 Å². The van der Waals surface area contributed by atoms with Crippen molar-refractivity contribution in [2.45, 2.75) is 51.2 Å². The van der Waals surface area contributed by atoms with Crippen molar-refractivity contribution in [3.05, 3.63) is 12.2 Å². The molecule has 17 heavy (non-hydrogen) atoms. The van der Waals surface area contributed by atoms with Crippen LogP contribution in [0.15, 0.2) is 12.2 Å². The molecule has 4 nitrogen and oxygen atoms in total. The van der Waals surface area contributed by atoms with Crippen molar-refractivity contribution in [2.24, 2.45) is 5.92 Å². The molecule has 2 heterocycles. The summed E-state index contributed by atoms with van der Waals surface area (Å²) in [6.07, 6.45) is 2.78. The van der Waals surface area contributed by atoms with Gasteiger partial charge in [-0.05, 0) is 12.8 Å². The Balaban J connectivity index is 2.33. The molecular formula is C13H18O4. The van der Waals surface area contributed by atoms with Crippen LogP contribution in [0.1, 0.15) is 39.5 Å². The Morgan fingerprint density at radius 3 is 2.35 bits per heavy atom. The lowest BCUT2D eigenvalue weighted by Crippen LogP contribution is -2.41. The molecule has 2 fully saturated rings. The van der Waals surface area contributed by atoms with Crippen LogP contribution in [0.2, 0.25) is 0 Å². The van der Waals surface area contributed by atoms with Crippen molar-refractivity contribution in [1.82, 2.24) is 0 Å². The predicted octanol–water partition coefficient (Wildman–Crippen LogP) is 1.98. The summed E-state index contributed by atoms with van der Waals surface area (Å²) in [5.74, 6) is -1.39. The summed E-state index contributed by atoms with van der Waals surface area (Å²) < 4.78 is 10.8. The van der Waals surface area contributed by atoms with E-state index in [1.165, 1.54) is 0 Å². The second kappa shape index (κ2) is 4.17. The second-order valence-corrected chi connectivity index (χ2v) is 4.81. The number of hydrogen-bond donors (Lipinski definition) is 0. The van der Waals surface area contributed by atoms with Gasteiger partial charge in [-0.1, -0.05) is 33.3 Å². The van der Waals surface area contributed by atoms with Crippen LogP contribution >= 0.6 is 0 Å². The largest absolute Gasteiger partial charge is 0.454 e. The zero-order chi connectivity index (χ0) is 12.6. The minimum absolute atomic E-state index is 0.245. The average molecular weight is 238 g/mol. The number of esters is 2. The third-order valence-electron chi connectivity index (χ3n) is 3.60. The van der Waals surface area contributed by atoms with E-state index in [1.807, 2.05) is 13.8 Å². The van der Waals surface area contributed by atoms with E-state index >= 15 is 0 Å². The zero-order valence-corrected chi connectivity index (χ0v) is 10.3. The Hall–Kier alpha value is -1.32. The first-order chi connectivity index (χ1) is 8.05. The van der Waals surface area contributed by atoms with Crippen LogP contribution in [0.5, 0.6) is 0 Å². The van der Waals surface area contributed by atoms with E-state index in [4.69, 9.17) is 9.47 Å². The lowest BCUT2D eigenvalue weighted by Gasteiger charge is -2.31. The van der Waals surface area contributed by atoms with Gasteiger partial charge in [0.1, 0.15) is 11.5 Å². The van der Waals surface area contributed by atoms with Gasteiger partial charge in [-0.15, -0.1) is 0 Å². The molecular weight excluding hydrogens is 220 g/mol. The molecule has 2 rings (SSSR count). The second-order valence-electron chi connectivity index (χ2n) is 4.81. The van der Waals surface area contributed by atoms with Crippen molar-refractivity contribution in [3.63, 3.8) is 0 Å². The Kier molecular flexibility index (Phi) is 2.98. The first kappa shape index (κ1) is 12.1. The molecule has 0 spiro atoms. The van der Waals surface area contributed by atoms with E-state index in [9.17, 15) is 9.59 Å². The van der Waals surface area contributed by atoms with Crippen LogP contribution < -0.4 is 0 Å². The first-order valence-electron chi connectivity index (χ1n) is 6.18. The molecule has 0 amide bonds. The summed E-state index contributed by atoms with van der Waals surface area (Å²) in [5, 5.41) is 0. The fraction of sp³-hybridized carbons (Fsp3) is 0.692. The van der Waals surface area contributed by atoms with Crippen LogP contribution in [-0.2, 0) is 19.1 Å². The Bertz CT molecular complexity index is 366. The highest BCUT2D eigenvalue weighted by Crippen LogP contribution is 2.47. The van der Waals surface area contributed by atoms with Gasteiger partial charge in [0.25, 0.3) is 0 Å². The molecule has 0 aromatic heterocycles. The topological polar surface area (TPSA) is 52.6 Å². The summed E-state index contributed by atoms with van der Waals surface area (Å²) in [6.45, 7) is 7.70. The van der Waals surface area contributed by atoms with Gasteiger partial charge in [0, 0.05) is 5.57 Å². The zero-order valence-electron chi connectivity index (χ0n) is 10.3. The van der Waals surface area contributed by atoms with Gasteiger partial charge < -0.3 is 9.47 Å². The van der Waals surface area contributed by atoms with Crippen LogP contribution in [0.25, 0.3) is 0 Å².